The number of aromatic nitrogens is 3. The third kappa shape index (κ3) is 6.36. The van der Waals surface area contributed by atoms with Crippen molar-refractivity contribution in [1.29, 1.82) is 0 Å². The van der Waals surface area contributed by atoms with Crippen LogP contribution in [0.15, 0.2) is 114 Å². The fourth-order valence-electron chi connectivity index (χ4n) is 7.62. The molecule has 0 saturated carbocycles. The van der Waals surface area contributed by atoms with Gasteiger partial charge < -0.3 is 4.42 Å². The molecule has 22 radical (unpaired) electrons. The van der Waals surface area contributed by atoms with Crippen LogP contribution in [0, 0.1) is 0 Å². The van der Waals surface area contributed by atoms with Crippen LogP contribution in [0.5, 0.6) is 0 Å². The van der Waals surface area contributed by atoms with Crippen molar-refractivity contribution in [2.24, 2.45) is 0 Å². The van der Waals surface area contributed by atoms with Gasteiger partial charge in [-0.15, -0.1) is 27.3 Å². The second kappa shape index (κ2) is 15.3. The van der Waals surface area contributed by atoms with E-state index in [0.29, 0.717) is 22.8 Å². The maximum atomic E-state index is 7.22. The molecule has 0 spiro atoms. The quantitative estimate of drug-likeness (QED) is 0.196. The fourth-order valence-corrected chi connectivity index (χ4v) is 7.62. The number of nitrogens with zero attached hydrogens (tertiary/aromatic N) is 3. The minimum atomic E-state index is -0.0161. The Morgan fingerprint density at radius 2 is 0.617 bits per heavy atom. The Balaban J connectivity index is 1.37. The summed E-state index contributed by atoms with van der Waals surface area (Å²) in [6, 6.07) is 35.8. The van der Waals surface area contributed by atoms with Gasteiger partial charge in [0.05, 0.1) is 5.56 Å². The van der Waals surface area contributed by atoms with Gasteiger partial charge in [-0.05, 0) is 33.4 Å². The number of benzene rings is 7. The van der Waals surface area contributed by atoms with Crippen molar-refractivity contribution in [3.63, 3.8) is 0 Å². The summed E-state index contributed by atoms with van der Waals surface area (Å²) in [5.74, 6) is 0.760. The number of fused-ring (bicyclic) bond motifs is 3. The van der Waals surface area contributed by atoms with Crippen LogP contribution in [0.3, 0.4) is 0 Å². The molecule has 2 aromatic heterocycles. The second-order valence-corrected chi connectivity index (χ2v) is 14.4. The lowest BCUT2D eigenvalue weighted by Crippen LogP contribution is -2.56. The Labute approximate surface area is 362 Å². The van der Waals surface area contributed by atoms with E-state index in [9.17, 15) is 0 Å². The highest BCUT2D eigenvalue weighted by atomic mass is 16.3. The van der Waals surface area contributed by atoms with Gasteiger partial charge in [0.25, 0.3) is 0 Å². The van der Waals surface area contributed by atoms with Crippen LogP contribution in [0.25, 0.3) is 89.5 Å². The van der Waals surface area contributed by atoms with E-state index in [1.54, 1.807) is 0 Å². The van der Waals surface area contributed by atoms with Gasteiger partial charge in [-0.1, -0.05) is 142 Å². The smallest absolute Gasteiger partial charge is 0.167 e. The van der Waals surface area contributed by atoms with Crippen molar-refractivity contribution in [2.45, 2.75) is 0 Å². The Bertz CT molecular complexity index is 3060. The molecule has 0 bridgehead atoms. The zero-order valence-corrected chi connectivity index (χ0v) is 32.0. The molecule has 15 heteroatoms. The molecule has 9 rings (SSSR count). The standard InChI is InChI=1S/C45H18B11N3O/c46-30-25(26-32(48)35(51)38(54)36(52)33(26)49)31(47)29(41-27(30)28-34(50)37(53)39(55)40(56)42(28)60-41)45-58-43(23-15-11-21(12-16-23)19-7-3-1-4-8-19)57-44(59-45)24-17-13-22(14-18-24)20-9-5-2-6-10-20/h1-18H. The molecule has 2 heterocycles. The molecule has 60 heavy (non-hydrogen) atoms. The van der Waals surface area contributed by atoms with E-state index in [1.807, 2.05) is 109 Å². The number of furan rings is 1. The summed E-state index contributed by atoms with van der Waals surface area (Å²) in [6.07, 6.45) is 0. The van der Waals surface area contributed by atoms with Crippen LogP contribution in [-0.4, -0.2) is 101 Å². The molecule has 0 saturated heterocycles. The number of hydrogen-bond donors (Lipinski definition) is 0. The summed E-state index contributed by atoms with van der Waals surface area (Å²) in [7, 11) is 72.5. The average molecular weight is 736 g/mol. The maximum absolute atomic E-state index is 7.22. The van der Waals surface area contributed by atoms with Gasteiger partial charge in [0, 0.05) is 21.9 Å². The van der Waals surface area contributed by atoms with Crippen LogP contribution >= 0.6 is 0 Å². The Morgan fingerprint density at radius 3 is 1.10 bits per heavy atom. The molecule has 9 aromatic rings. The molecule has 252 valence electrons. The molecular formula is C45H18B11N3O. The first-order valence-electron chi connectivity index (χ1n) is 18.6. The summed E-state index contributed by atoms with van der Waals surface area (Å²) >= 11 is 0. The van der Waals surface area contributed by atoms with E-state index < -0.39 is 0 Å². The van der Waals surface area contributed by atoms with Gasteiger partial charge in [0.2, 0.25) is 0 Å². The van der Waals surface area contributed by atoms with Crippen molar-refractivity contribution in [3.8, 4) is 67.5 Å². The SMILES string of the molecule is [B]c1c([B])c([B])c(-c2c([B])c(-c3nc(-c4ccc(-c5ccccc5)cc4)nc(-c4ccc(-c5ccccc5)cc4)n3)c3oc4c([B])c([B])c([B])c([B])c4c3c2[B])c([B])c1[B]. The second-order valence-electron chi connectivity index (χ2n) is 14.4. The lowest BCUT2D eigenvalue weighted by molar-refractivity contribution is 0.673. The van der Waals surface area contributed by atoms with Gasteiger partial charge in [-0.3, -0.25) is 0 Å². The first-order chi connectivity index (χ1) is 28.8. The summed E-state index contributed by atoms with van der Waals surface area (Å²) in [4.78, 5) is 15.1. The fraction of sp³-hybridized carbons (Fsp3) is 0. The largest absolute Gasteiger partial charge is 0.456 e. The molecule has 0 N–H and O–H groups in total. The van der Waals surface area contributed by atoms with Crippen LogP contribution in [-0.2, 0) is 0 Å². The lowest BCUT2D eigenvalue weighted by atomic mass is 9.58. The Hall–Kier alpha value is -5.94. The van der Waals surface area contributed by atoms with E-state index in [1.165, 1.54) is 0 Å². The Morgan fingerprint density at radius 1 is 0.267 bits per heavy atom. The number of hydrogen-bond acceptors (Lipinski definition) is 4. The van der Waals surface area contributed by atoms with Gasteiger partial charge >= 0.3 is 0 Å². The molecule has 0 amide bonds. The topological polar surface area (TPSA) is 51.8 Å². The highest BCUT2D eigenvalue weighted by molar-refractivity contribution is 6.71. The van der Waals surface area contributed by atoms with Crippen molar-refractivity contribution in [1.82, 2.24) is 15.0 Å². The summed E-state index contributed by atoms with van der Waals surface area (Å²) in [5, 5.41) is 0.529. The molecule has 7 aromatic carbocycles. The predicted octanol–water partition coefficient (Wildman–Crippen LogP) is -1.50. The molecule has 0 aliphatic heterocycles. The zero-order valence-electron chi connectivity index (χ0n) is 32.0. The monoisotopic (exact) mass is 737 g/mol. The van der Waals surface area contributed by atoms with Crippen LogP contribution in [0.2, 0.25) is 0 Å². The molecule has 0 unspecified atom stereocenters. The van der Waals surface area contributed by atoms with Crippen LogP contribution in [0.1, 0.15) is 0 Å². The van der Waals surface area contributed by atoms with E-state index in [2.05, 4.69) is 0 Å². The van der Waals surface area contributed by atoms with Crippen molar-refractivity contribution in [2.75, 3.05) is 0 Å². The first kappa shape index (κ1) is 39.5. The predicted molar refractivity (Wildman–Crippen MR) is 259 cm³/mol. The third-order valence-corrected chi connectivity index (χ3v) is 10.9. The maximum Gasteiger partial charge on any atom is 0.167 e. The van der Waals surface area contributed by atoms with E-state index in [0.717, 1.165) is 22.3 Å². The highest BCUT2D eigenvalue weighted by Crippen LogP contribution is 2.35. The van der Waals surface area contributed by atoms with Crippen LogP contribution in [0.4, 0.5) is 0 Å². The molecular weight excluding hydrogens is 717 g/mol. The van der Waals surface area contributed by atoms with E-state index in [4.69, 9.17) is 106 Å². The molecule has 0 atom stereocenters. The summed E-state index contributed by atoms with van der Waals surface area (Å²) in [6.45, 7) is 0. The van der Waals surface area contributed by atoms with E-state index in [-0.39, 0.29) is 105 Å². The highest BCUT2D eigenvalue weighted by Gasteiger charge is 2.28. The van der Waals surface area contributed by atoms with Crippen molar-refractivity contribution >= 4 is 168 Å². The normalized spacial score (nSPS) is 11.4. The molecule has 0 fully saturated rings. The summed E-state index contributed by atoms with van der Waals surface area (Å²) < 4.78 is 6.55. The van der Waals surface area contributed by atoms with Crippen LogP contribution < -0.4 is 60.1 Å². The lowest BCUT2D eigenvalue weighted by Gasteiger charge is -2.26. The third-order valence-electron chi connectivity index (χ3n) is 10.9. The average Bonchev–Trinajstić information content (AvgIpc) is 3.69. The molecule has 0 aliphatic rings. The van der Waals surface area contributed by atoms with E-state index >= 15 is 0 Å². The van der Waals surface area contributed by atoms with Crippen molar-refractivity contribution in [3.05, 3.63) is 109 Å². The van der Waals surface area contributed by atoms with Crippen molar-refractivity contribution < 1.29 is 4.42 Å². The van der Waals surface area contributed by atoms with Gasteiger partial charge in [0.15, 0.2) is 17.5 Å². The molecule has 4 nitrogen and oxygen atoms in total. The first-order valence-corrected chi connectivity index (χ1v) is 18.6. The Kier molecular flexibility index (Phi) is 10.1. The number of rotatable bonds is 6. The van der Waals surface area contributed by atoms with Gasteiger partial charge in [-0.2, -0.15) is 0 Å². The zero-order chi connectivity index (χ0) is 42.1. The van der Waals surface area contributed by atoms with Gasteiger partial charge in [0.1, 0.15) is 97.5 Å². The van der Waals surface area contributed by atoms with Gasteiger partial charge in [-0.25, -0.2) is 15.0 Å². The summed E-state index contributed by atoms with van der Waals surface area (Å²) in [5.41, 5.74) is 6.36. The molecule has 0 aliphatic carbocycles. The minimum absolute atomic E-state index is 0.00420. The minimum Gasteiger partial charge on any atom is -0.456 e.